The van der Waals surface area contributed by atoms with Crippen LogP contribution in [0.1, 0.15) is 0 Å². The van der Waals surface area contributed by atoms with Gasteiger partial charge < -0.3 is 0 Å². The summed E-state index contributed by atoms with van der Waals surface area (Å²) in [6.45, 7) is 0. The Morgan fingerprint density at radius 2 is 1.73 bits per heavy atom. The molecular formula is C10H6ClIO2S. The number of fused-ring (bicyclic) bond motifs is 1. The van der Waals surface area contributed by atoms with E-state index in [4.69, 9.17) is 10.7 Å². The van der Waals surface area contributed by atoms with E-state index in [1.165, 1.54) is 0 Å². The fourth-order valence-corrected chi connectivity index (χ4v) is 4.44. The molecule has 15 heavy (non-hydrogen) atoms. The zero-order valence-corrected chi connectivity index (χ0v) is 11.2. The third-order valence-corrected chi connectivity index (χ3v) is 4.73. The van der Waals surface area contributed by atoms with Crippen LogP contribution < -0.4 is 0 Å². The lowest BCUT2D eigenvalue weighted by Crippen LogP contribution is -1.95. The zero-order valence-electron chi connectivity index (χ0n) is 7.44. The van der Waals surface area contributed by atoms with Crippen molar-refractivity contribution in [2.24, 2.45) is 0 Å². The van der Waals surface area contributed by atoms with Gasteiger partial charge in [0.05, 0.1) is 0 Å². The van der Waals surface area contributed by atoms with Gasteiger partial charge in [0.1, 0.15) is 4.90 Å². The van der Waals surface area contributed by atoms with Crippen molar-refractivity contribution < 1.29 is 8.42 Å². The Morgan fingerprint density at radius 1 is 1.07 bits per heavy atom. The third kappa shape index (κ3) is 2.11. The zero-order chi connectivity index (χ0) is 11.1. The normalized spacial score (nSPS) is 11.9. The molecule has 0 aromatic heterocycles. The number of benzene rings is 2. The van der Waals surface area contributed by atoms with Gasteiger partial charge in [-0.25, -0.2) is 8.42 Å². The van der Waals surface area contributed by atoms with Gasteiger partial charge in [0.15, 0.2) is 0 Å². The van der Waals surface area contributed by atoms with Gasteiger partial charge in [0.25, 0.3) is 9.05 Å². The summed E-state index contributed by atoms with van der Waals surface area (Å²) in [5, 5.41) is 1.54. The average Bonchev–Trinajstić information content (AvgIpc) is 2.15. The fourth-order valence-electron chi connectivity index (χ4n) is 1.46. The number of hydrogen-bond acceptors (Lipinski definition) is 2. The molecular weight excluding hydrogens is 347 g/mol. The van der Waals surface area contributed by atoms with Gasteiger partial charge in [-0.3, -0.25) is 0 Å². The number of halogens is 2. The Morgan fingerprint density at radius 3 is 2.40 bits per heavy atom. The van der Waals surface area contributed by atoms with E-state index in [1.54, 1.807) is 18.2 Å². The molecule has 0 N–H and O–H groups in total. The van der Waals surface area contributed by atoms with E-state index in [0.29, 0.717) is 8.96 Å². The summed E-state index contributed by atoms with van der Waals surface area (Å²) in [5.74, 6) is 0. The van der Waals surface area contributed by atoms with E-state index in [1.807, 2.05) is 40.8 Å². The van der Waals surface area contributed by atoms with E-state index in [2.05, 4.69) is 0 Å². The molecule has 0 saturated heterocycles. The van der Waals surface area contributed by atoms with Crippen LogP contribution in [-0.2, 0) is 9.05 Å². The van der Waals surface area contributed by atoms with Gasteiger partial charge in [-0.1, -0.05) is 30.3 Å². The predicted octanol–water partition coefficient (Wildman–Crippen LogP) is 3.37. The summed E-state index contributed by atoms with van der Waals surface area (Å²) >= 11 is 1.97. The monoisotopic (exact) mass is 352 g/mol. The van der Waals surface area contributed by atoms with Crippen LogP contribution in [0.2, 0.25) is 0 Å². The lowest BCUT2D eigenvalue weighted by atomic mass is 10.1. The fraction of sp³-hybridized carbons (Fsp3) is 0. The maximum atomic E-state index is 11.4. The molecule has 0 saturated carbocycles. The van der Waals surface area contributed by atoms with Gasteiger partial charge in [-0.2, -0.15) is 0 Å². The highest BCUT2D eigenvalue weighted by Crippen LogP contribution is 2.30. The molecule has 0 atom stereocenters. The number of rotatable bonds is 1. The molecule has 0 fully saturated rings. The summed E-state index contributed by atoms with van der Waals surface area (Å²) in [7, 11) is 1.71. The van der Waals surface area contributed by atoms with Crippen molar-refractivity contribution in [1.29, 1.82) is 0 Å². The highest BCUT2D eigenvalue weighted by Gasteiger charge is 2.17. The smallest absolute Gasteiger partial charge is 0.207 e. The van der Waals surface area contributed by atoms with Crippen LogP contribution in [0.3, 0.4) is 0 Å². The van der Waals surface area contributed by atoms with Crippen molar-refractivity contribution >= 4 is 53.1 Å². The minimum Gasteiger partial charge on any atom is -0.207 e. The first-order valence-corrected chi connectivity index (χ1v) is 7.51. The first kappa shape index (κ1) is 11.2. The van der Waals surface area contributed by atoms with Crippen LogP contribution >= 0.6 is 33.3 Å². The van der Waals surface area contributed by atoms with E-state index in [9.17, 15) is 8.42 Å². The third-order valence-electron chi connectivity index (χ3n) is 2.08. The molecule has 0 aliphatic rings. The molecule has 78 valence electrons. The van der Waals surface area contributed by atoms with Gasteiger partial charge in [-0.05, 0) is 34.0 Å². The van der Waals surface area contributed by atoms with Crippen molar-refractivity contribution in [1.82, 2.24) is 0 Å². The molecule has 0 aliphatic carbocycles. The Balaban J connectivity index is 2.99. The maximum Gasteiger partial charge on any atom is 0.262 e. The first-order chi connectivity index (χ1) is 7.00. The molecule has 0 spiro atoms. The van der Waals surface area contributed by atoms with Gasteiger partial charge in [0.2, 0.25) is 0 Å². The molecule has 2 nitrogen and oxygen atoms in total. The highest BCUT2D eigenvalue weighted by molar-refractivity contribution is 14.1. The molecule has 2 aromatic rings. The van der Waals surface area contributed by atoms with Gasteiger partial charge in [0, 0.05) is 19.6 Å². The van der Waals surface area contributed by atoms with E-state index >= 15 is 0 Å². The Kier molecular flexibility index (Phi) is 2.92. The second-order valence-corrected chi connectivity index (χ2v) is 6.70. The van der Waals surface area contributed by atoms with Crippen molar-refractivity contribution in [3.8, 4) is 0 Å². The summed E-state index contributed by atoms with van der Waals surface area (Å²) < 4.78 is 23.5. The van der Waals surface area contributed by atoms with E-state index in [-0.39, 0.29) is 4.90 Å². The largest absolute Gasteiger partial charge is 0.262 e. The Labute approximate surface area is 106 Å². The van der Waals surface area contributed by atoms with Crippen molar-refractivity contribution in [3.63, 3.8) is 0 Å². The standard InChI is InChI=1S/C10H6ClIO2S/c11-15(13,14)10-8-4-2-1-3-7(8)5-6-9(10)12/h1-6H. The summed E-state index contributed by atoms with van der Waals surface area (Å²) in [5.41, 5.74) is 0. The summed E-state index contributed by atoms with van der Waals surface area (Å²) in [6, 6.07) is 10.9. The molecule has 2 aromatic carbocycles. The summed E-state index contributed by atoms with van der Waals surface area (Å²) in [4.78, 5) is 0.197. The lowest BCUT2D eigenvalue weighted by molar-refractivity contribution is 0.610. The molecule has 0 radical (unpaired) electrons. The second-order valence-electron chi connectivity index (χ2n) is 3.04. The number of hydrogen-bond donors (Lipinski definition) is 0. The topological polar surface area (TPSA) is 34.1 Å². The molecule has 0 heterocycles. The minimum absolute atomic E-state index is 0.197. The van der Waals surface area contributed by atoms with E-state index < -0.39 is 9.05 Å². The van der Waals surface area contributed by atoms with Crippen molar-refractivity contribution in [2.75, 3.05) is 0 Å². The SMILES string of the molecule is O=S(=O)(Cl)c1c(I)ccc2ccccc12. The maximum absolute atomic E-state index is 11.4. The minimum atomic E-state index is -3.70. The Hall–Kier alpha value is -0.330. The highest BCUT2D eigenvalue weighted by atomic mass is 127. The van der Waals surface area contributed by atoms with Crippen LogP contribution in [-0.4, -0.2) is 8.42 Å². The van der Waals surface area contributed by atoms with Crippen LogP contribution in [0.25, 0.3) is 10.8 Å². The molecule has 0 bridgehead atoms. The van der Waals surface area contributed by atoms with Crippen LogP contribution in [0.15, 0.2) is 41.3 Å². The lowest BCUT2D eigenvalue weighted by Gasteiger charge is -2.05. The first-order valence-electron chi connectivity index (χ1n) is 4.12. The molecule has 5 heteroatoms. The van der Waals surface area contributed by atoms with Gasteiger partial charge in [-0.15, -0.1) is 0 Å². The summed E-state index contributed by atoms with van der Waals surface area (Å²) in [6.07, 6.45) is 0. The average molecular weight is 353 g/mol. The second kappa shape index (κ2) is 3.92. The van der Waals surface area contributed by atoms with Crippen LogP contribution in [0, 0.1) is 3.57 Å². The predicted molar refractivity (Wildman–Crippen MR) is 69.7 cm³/mol. The molecule has 0 unspecified atom stereocenters. The van der Waals surface area contributed by atoms with Crippen molar-refractivity contribution in [3.05, 3.63) is 40.0 Å². The molecule has 2 rings (SSSR count). The quantitative estimate of drug-likeness (QED) is 0.582. The molecule has 0 amide bonds. The van der Waals surface area contributed by atoms with Crippen LogP contribution in [0.4, 0.5) is 0 Å². The Bertz CT molecular complexity index is 622. The van der Waals surface area contributed by atoms with Gasteiger partial charge >= 0.3 is 0 Å². The van der Waals surface area contributed by atoms with Crippen molar-refractivity contribution in [2.45, 2.75) is 4.90 Å². The van der Waals surface area contributed by atoms with Crippen LogP contribution in [0.5, 0.6) is 0 Å². The van der Waals surface area contributed by atoms with E-state index in [0.717, 1.165) is 5.39 Å². The molecule has 0 aliphatic heterocycles.